The molecule has 2 atom stereocenters. The van der Waals surface area contributed by atoms with Crippen LogP contribution in [-0.4, -0.2) is 55.5 Å². The first kappa shape index (κ1) is 13.9. The lowest BCUT2D eigenvalue weighted by Crippen LogP contribution is -2.31. The average molecular weight is 246 g/mol. The number of carbonyl (C=O) groups is 2. The smallest absolute Gasteiger partial charge is 0.332 e. The number of rotatable bonds is 8. The van der Waals surface area contributed by atoms with Crippen LogP contribution in [0.4, 0.5) is 0 Å². The first-order valence-electron chi connectivity index (χ1n) is 5.54. The van der Waals surface area contributed by atoms with Crippen LogP contribution in [0.15, 0.2) is 0 Å². The number of aliphatic carboxylic acids is 1. The van der Waals surface area contributed by atoms with Gasteiger partial charge in [-0.3, -0.25) is 4.79 Å². The molecule has 7 heteroatoms. The van der Waals surface area contributed by atoms with Gasteiger partial charge in [-0.2, -0.15) is 0 Å². The van der Waals surface area contributed by atoms with Crippen LogP contribution in [0.2, 0.25) is 0 Å². The van der Waals surface area contributed by atoms with E-state index in [1.54, 1.807) is 0 Å². The van der Waals surface area contributed by atoms with Gasteiger partial charge in [0.15, 0.2) is 6.10 Å². The molecule has 1 heterocycles. The molecule has 4 N–H and O–H groups in total. The van der Waals surface area contributed by atoms with Gasteiger partial charge in [0.25, 0.3) is 0 Å². The van der Waals surface area contributed by atoms with Gasteiger partial charge >= 0.3 is 5.97 Å². The molecule has 0 aromatic heterocycles. The number of hydrogen-bond donors (Lipinski definition) is 3. The Bertz CT molecular complexity index is 271. The summed E-state index contributed by atoms with van der Waals surface area (Å²) in [5, 5.41) is 11.8. The fourth-order valence-electron chi connectivity index (χ4n) is 1.62. The monoisotopic (exact) mass is 246 g/mol. The summed E-state index contributed by atoms with van der Waals surface area (Å²) in [4.78, 5) is 21.0. The molecule has 0 radical (unpaired) electrons. The Morgan fingerprint density at radius 2 is 2.24 bits per heavy atom. The van der Waals surface area contributed by atoms with Crippen LogP contribution in [0.3, 0.4) is 0 Å². The van der Waals surface area contributed by atoms with Gasteiger partial charge in [0.2, 0.25) is 5.91 Å². The van der Waals surface area contributed by atoms with Crippen LogP contribution in [0, 0.1) is 0 Å². The van der Waals surface area contributed by atoms with Crippen molar-refractivity contribution in [3.63, 3.8) is 0 Å². The predicted molar refractivity (Wildman–Crippen MR) is 58.4 cm³/mol. The molecule has 1 amide bonds. The van der Waals surface area contributed by atoms with Gasteiger partial charge in [-0.05, 0) is 12.8 Å². The van der Waals surface area contributed by atoms with E-state index in [0.29, 0.717) is 26.1 Å². The van der Waals surface area contributed by atoms with Crippen molar-refractivity contribution in [3.05, 3.63) is 0 Å². The van der Waals surface area contributed by atoms with Gasteiger partial charge < -0.3 is 25.6 Å². The third-order valence-corrected chi connectivity index (χ3v) is 2.42. The van der Waals surface area contributed by atoms with Crippen molar-refractivity contribution in [2.75, 3.05) is 26.3 Å². The van der Waals surface area contributed by atoms with E-state index in [2.05, 4.69) is 5.32 Å². The zero-order chi connectivity index (χ0) is 12.7. The van der Waals surface area contributed by atoms with Crippen molar-refractivity contribution in [3.8, 4) is 0 Å². The van der Waals surface area contributed by atoms with E-state index in [4.69, 9.17) is 20.3 Å². The van der Waals surface area contributed by atoms with Crippen LogP contribution in [0.5, 0.6) is 0 Å². The zero-order valence-electron chi connectivity index (χ0n) is 9.55. The first-order chi connectivity index (χ1) is 8.09. The minimum atomic E-state index is -0.905. The molecule has 0 aromatic rings. The van der Waals surface area contributed by atoms with E-state index < -0.39 is 18.0 Å². The molecular formula is C10H18N2O5. The summed E-state index contributed by atoms with van der Waals surface area (Å²) in [5.41, 5.74) is 4.89. The molecule has 0 bridgehead atoms. The average Bonchev–Trinajstić information content (AvgIpc) is 2.71. The summed E-state index contributed by atoms with van der Waals surface area (Å²) in [6.45, 7) is 1.47. The van der Waals surface area contributed by atoms with Crippen LogP contribution >= 0.6 is 0 Å². The summed E-state index contributed by atoms with van der Waals surface area (Å²) in [6.07, 6.45) is 0.562. The fraction of sp³-hybridized carbons (Fsp3) is 0.800. The number of ether oxygens (including phenoxy) is 2. The number of hydrogen-bond acceptors (Lipinski definition) is 5. The second-order valence-corrected chi connectivity index (χ2v) is 3.89. The maximum atomic E-state index is 10.6. The molecule has 1 saturated heterocycles. The number of primary amides is 1. The number of nitrogens with two attached hydrogens (primary N) is 1. The second kappa shape index (κ2) is 7.21. The number of amides is 1. The normalized spacial score (nSPS) is 23.8. The molecule has 98 valence electrons. The molecule has 0 aromatic carbocycles. The minimum absolute atomic E-state index is 0.0627. The highest BCUT2D eigenvalue weighted by Crippen LogP contribution is 2.18. The van der Waals surface area contributed by atoms with Gasteiger partial charge in [0.05, 0.1) is 12.7 Å². The lowest BCUT2D eigenvalue weighted by molar-refractivity contribution is -0.149. The van der Waals surface area contributed by atoms with Crippen molar-refractivity contribution in [2.24, 2.45) is 5.73 Å². The van der Waals surface area contributed by atoms with Crippen LogP contribution in [0.1, 0.15) is 12.8 Å². The quantitative estimate of drug-likeness (QED) is 0.459. The summed E-state index contributed by atoms with van der Waals surface area (Å²) in [5.74, 6) is -1.40. The molecule has 0 spiro atoms. The van der Waals surface area contributed by atoms with Crippen molar-refractivity contribution in [2.45, 2.75) is 25.0 Å². The van der Waals surface area contributed by atoms with Crippen molar-refractivity contribution < 1.29 is 24.2 Å². The Labute approximate surface area is 99.3 Å². The van der Waals surface area contributed by atoms with Gasteiger partial charge in [-0.15, -0.1) is 0 Å². The third-order valence-electron chi connectivity index (χ3n) is 2.42. The van der Waals surface area contributed by atoms with Gasteiger partial charge in [-0.1, -0.05) is 0 Å². The summed E-state index contributed by atoms with van der Waals surface area (Å²) in [6, 6.07) is 0. The Kier molecular flexibility index (Phi) is 5.88. The van der Waals surface area contributed by atoms with Crippen LogP contribution in [-0.2, 0) is 19.1 Å². The molecule has 1 aliphatic heterocycles. The molecule has 7 nitrogen and oxygen atoms in total. The summed E-state index contributed by atoms with van der Waals surface area (Å²) >= 11 is 0. The van der Waals surface area contributed by atoms with E-state index in [-0.39, 0.29) is 12.7 Å². The van der Waals surface area contributed by atoms with Crippen molar-refractivity contribution >= 4 is 11.9 Å². The van der Waals surface area contributed by atoms with Gasteiger partial charge in [0.1, 0.15) is 6.61 Å². The topological polar surface area (TPSA) is 111 Å². The van der Waals surface area contributed by atoms with Crippen LogP contribution < -0.4 is 11.1 Å². The second-order valence-electron chi connectivity index (χ2n) is 3.89. The highest BCUT2D eigenvalue weighted by Gasteiger charge is 2.29. The predicted octanol–water partition coefficient (Wildman–Crippen LogP) is -1.29. The third kappa shape index (κ3) is 5.62. The maximum absolute atomic E-state index is 10.6. The molecule has 0 saturated carbocycles. The number of carbonyl (C=O) groups excluding carboxylic acids is 1. The molecule has 1 fully saturated rings. The Morgan fingerprint density at radius 3 is 2.82 bits per heavy atom. The van der Waals surface area contributed by atoms with E-state index >= 15 is 0 Å². The maximum Gasteiger partial charge on any atom is 0.332 e. The van der Waals surface area contributed by atoms with Gasteiger partial charge in [-0.25, -0.2) is 4.79 Å². The fourth-order valence-corrected chi connectivity index (χ4v) is 1.62. The van der Waals surface area contributed by atoms with Crippen molar-refractivity contribution in [1.29, 1.82) is 0 Å². The minimum Gasteiger partial charge on any atom is -0.479 e. The highest BCUT2D eigenvalue weighted by molar-refractivity contribution is 5.75. The number of nitrogens with one attached hydrogen (secondary N) is 1. The Morgan fingerprint density at radius 1 is 1.47 bits per heavy atom. The molecular weight excluding hydrogens is 228 g/mol. The number of carboxylic acids is 1. The van der Waals surface area contributed by atoms with E-state index in [1.807, 2.05) is 0 Å². The molecule has 1 rings (SSSR count). The van der Waals surface area contributed by atoms with Crippen molar-refractivity contribution in [1.82, 2.24) is 5.32 Å². The largest absolute Gasteiger partial charge is 0.479 e. The zero-order valence-corrected chi connectivity index (χ0v) is 9.55. The molecule has 2 unspecified atom stereocenters. The Hall–Kier alpha value is -1.18. The standard InChI is InChI=1S/C10H18N2O5/c11-9(13)6-16-4-3-12-5-7-1-2-8(17-7)10(14)15/h7-8,12H,1-6H2,(H2,11,13)(H,14,15). The summed E-state index contributed by atoms with van der Waals surface area (Å²) < 4.78 is 10.2. The number of carboxylic acid groups (broad SMARTS) is 1. The lowest BCUT2D eigenvalue weighted by Gasteiger charge is -2.12. The molecule has 17 heavy (non-hydrogen) atoms. The molecule has 0 aliphatic carbocycles. The summed E-state index contributed by atoms with van der Waals surface area (Å²) in [7, 11) is 0. The van der Waals surface area contributed by atoms with E-state index in [9.17, 15) is 9.59 Å². The SMILES string of the molecule is NC(=O)COCCNCC1CCC(C(=O)O)O1. The van der Waals surface area contributed by atoms with Crippen LogP contribution in [0.25, 0.3) is 0 Å². The van der Waals surface area contributed by atoms with Gasteiger partial charge in [0, 0.05) is 13.1 Å². The van der Waals surface area contributed by atoms with E-state index in [0.717, 1.165) is 6.42 Å². The van der Waals surface area contributed by atoms with E-state index in [1.165, 1.54) is 0 Å². The Balaban J connectivity index is 1.97. The molecule has 1 aliphatic rings. The lowest BCUT2D eigenvalue weighted by atomic mass is 10.2. The first-order valence-corrected chi connectivity index (χ1v) is 5.54. The highest BCUT2D eigenvalue weighted by atomic mass is 16.5.